The van der Waals surface area contributed by atoms with E-state index < -0.39 is 0 Å². The van der Waals surface area contributed by atoms with Gasteiger partial charge in [-0.2, -0.15) is 5.10 Å². The van der Waals surface area contributed by atoms with Crippen molar-refractivity contribution in [1.29, 1.82) is 0 Å². The normalized spacial score (nSPS) is 23.8. The summed E-state index contributed by atoms with van der Waals surface area (Å²) in [5, 5.41) is 4.31. The van der Waals surface area contributed by atoms with E-state index in [-0.39, 0.29) is 5.79 Å². The van der Waals surface area contributed by atoms with Crippen LogP contribution in [0.25, 0.3) is 0 Å². The molecule has 2 fully saturated rings. The minimum absolute atomic E-state index is 0.287. The maximum atomic E-state index is 5.90. The van der Waals surface area contributed by atoms with Gasteiger partial charge in [-0.15, -0.1) is 0 Å². The van der Waals surface area contributed by atoms with Crippen molar-refractivity contribution in [3.05, 3.63) is 18.0 Å². The lowest BCUT2D eigenvalue weighted by atomic mass is 9.92. The van der Waals surface area contributed by atoms with Gasteiger partial charge in [0.15, 0.2) is 5.79 Å². The summed E-state index contributed by atoms with van der Waals surface area (Å²) in [7, 11) is 1.92. The van der Waals surface area contributed by atoms with Gasteiger partial charge in [0.1, 0.15) is 0 Å². The van der Waals surface area contributed by atoms with E-state index in [0.717, 1.165) is 44.6 Å². The van der Waals surface area contributed by atoms with Crippen molar-refractivity contribution in [1.82, 2.24) is 9.78 Å². The topological polar surface area (TPSA) is 45.5 Å². The van der Waals surface area contributed by atoms with Gasteiger partial charge >= 0.3 is 0 Å². The molecule has 0 unspecified atom stereocenters. The van der Waals surface area contributed by atoms with Gasteiger partial charge in [-0.05, 0) is 18.9 Å². The standard InChI is InChI=1S/C13H20N2O3/c1-15-7-4-11(14-15)10-16-12-2-5-13(6-3-12)17-8-9-18-13/h4,7,12H,2-3,5-6,8-10H2,1H3. The first-order chi connectivity index (χ1) is 8.76. The zero-order chi connectivity index (χ0) is 12.4. The summed E-state index contributed by atoms with van der Waals surface area (Å²) >= 11 is 0. The van der Waals surface area contributed by atoms with E-state index in [9.17, 15) is 0 Å². The van der Waals surface area contributed by atoms with E-state index in [2.05, 4.69) is 5.10 Å². The molecule has 18 heavy (non-hydrogen) atoms. The highest BCUT2D eigenvalue weighted by Gasteiger charge is 2.40. The molecule has 0 amide bonds. The van der Waals surface area contributed by atoms with Crippen LogP contribution < -0.4 is 0 Å². The predicted octanol–water partition coefficient (Wildman–Crippen LogP) is 1.62. The third kappa shape index (κ3) is 2.58. The van der Waals surface area contributed by atoms with Gasteiger partial charge in [0, 0.05) is 26.1 Å². The van der Waals surface area contributed by atoms with Crippen LogP contribution in [0.15, 0.2) is 12.3 Å². The van der Waals surface area contributed by atoms with Crippen LogP contribution in [-0.2, 0) is 27.9 Å². The maximum Gasteiger partial charge on any atom is 0.168 e. The molecular weight excluding hydrogens is 232 g/mol. The van der Waals surface area contributed by atoms with Crippen LogP contribution >= 0.6 is 0 Å². The van der Waals surface area contributed by atoms with Crippen molar-refractivity contribution in [3.8, 4) is 0 Å². The van der Waals surface area contributed by atoms with Crippen LogP contribution in [0.5, 0.6) is 0 Å². The van der Waals surface area contributed by atoms with Gasteiger partial charge in [-0.1, -0.05) is 0 Å². The van der Waals surface area contributed by atoms with Gasteiger partial charge in [0.2, 0.25) is 0 Å². The zero-order valence-corrected chi connectivity index (χ0v) is 10.8. The van der Waals surface area contributed by atoms with E-state index >= 15 is 0 Å². The second-order valence-corrected chi connectivity index (χ2v) is 5.10. The molecule has 3 rings (SSSR count). The average molecular weight is 252 g/mol. The maximum absolute atomic E-state index is 5.90. The summed E-state index contributed by atoms with van der Waals surface area (Å²) in [5.74, 6) is -0.287. The van der Waals surface area contributed by atoms with Crippen molar-refractivity contribution in [3.63, 3.8) is 0 Å². The van der Waals surface area contributed by atoms with Crippen molar-refractivity contribution >= 4 is 0 Å². The van der Waals surface area contributed by atoms with Crippen LogP contribution in [-0.4, -0.2) is 34.9 Å². The van der Waals surface area contributed by atoms with Crippen LogP contribution in [0.3, 0.4) is 0 Å². The lowest BCUT2D eigenvalue weighted by Gasteiger charge is -2.35. The summed E-state index contributed by atoms with van der Waals surface area (Å²) in [6, 6.07) is 1.99. The summed E-state index contributed by atoms with van der Waals surface area (Å²) < 4.78 is 19.1. The first-order valence-corrected chi connectivity index (χ1v) is 6.64. The monoisotopic (exact) mass is 252 g/mol. The number of aromatic nitrogens is 2. The smallest absolute Gasteiger partial charge is 0.168 e. The Kier molecular flexibility index (Phi) is 3.37. The quantitative estimate of drug-likeness (QED) is 0.820. The summed E-state index contributed by atoms with van der Waals surface area (Å²) in [6.45, 7) is 2.07. The molecular formula is C13H20N2O3. The Morgan fingerprint density at radius 1 is 1.39 bits per heavy atom. The number of nitrogens with zero attached hydrogens (tertiary/aromatic N) is 2. The molecule has 5 nitrogen and oxygen atoms in total. The number of ether oxygens (including phenoxy) is 3. The van der Waals surface area contributed by atoms with Crippen molar-refractivity contribution < 1.29 is 14.2 Å². The van der Waals surface area contributed by atoms with E-state index in [1.54, 1.807) is 4.68 Å². The van der Waals surface area contributed by atoms with Gasteiger partial charge in [-0.3, -0.25) is 4.68 Å². The minimum Gasteiger partial charge on any atom is -0.372 e. The second-order valence-electron chi connectivity index (χ2n) is 5.10. The lowest BCUT2D eigenvalue weighted by Crippen LogP contribution is -2.37. The highest BCUT2D eigenvalue weighted by Crippen LogP contribution is 2.36. The molecule has 0 bridgehead atoms. The zero-order valence-electron chi connectivity index (χ0n) is 10.8. The molecule has 1 spiro atoms. The molecule has 2 heterocycles. The Morgan fingerprint density at radius 3 is 2.72 bits per heavy atom. The number of hydrogen-bond acceptors (Lipinski definition) is 4. The molecule has 1 aliphatic carbocycles. The van der Waals surface area contributed by atoms with Gasteiger partial charge in [0.25, 0.3) is 0 Å². The van der Waals surface area contributed by atoms with Crippen LogP contribution in [0, 0.1) is 0 Å². The number of aryl methyl sites for hydroxylation is 1. The molecule has 0 radical (unpaired) electrons. The van der Waals surface area contributed by atoms with Gasteiger partial charge < -0.3 is 14.2 Å². The first kappa shape index (κ1) is 12.1. The first-order valence-electron chi connectivity index (χ1n) is 6.64. The molecule has 1 aliphatic heterocycles. The molecule has 0 N–H and O–H groups in total. The fourth-order valence-corrected chi connectivity index (χ4v) is 2.73. The van der Waals surface area contributed by atoms with E-state index in [1.807, 2.05) is 19.3 Å². The minimum atomic E-state index is -0.287. The molecule has 1 aromatic rings. The van der Waals surface area contributed by atoms with Gasteiger partial charge in [0.05, 0.1) is 31.6 Å². The Bertz CT molecular complexity index is 389. The molecule has 0 atom stereocenters. The Balaban J connectivity index is 1.45. The average Bonchev–Trinajstić information content (AvgIpc) is 2.99. The van der Waals surface area contributed by atoms with Gasteiger partial charge in [-0.25, -0.2) is 0 Å². The molecule has 1 saturated carbocycles. The molecule has 1 saturated heterocycles. The lowest BCUT2D eigenvalue weighted by molar-refractivity contribution is -0.192. The third-order valence-electron chi connectivity index (χ3n) is 3.74. The molecule has 5 heteroatoms. The van der Waals surface area contributed by atoms with Crippen LogP contribution in [0.4, 0.5) is 0 Å². The Labute approximate surface area is 107 Å². The predicted molar refractivity (Wildman–Crippen MR) is 64.9 cm³/mol. The van der Waals surface area contributed by atoms with Crippen molar-refractivity contribution in [2.24, 2.45) is 7.05 Å². The molecule has 100 valence electrons. The largest absolute Gasteiger partial charge is 0.372 e. The van der Waals surface area contributed by atoms with Crippen molar-refractivity contribution in [2.45, 2.75) is 44.2 Å². The number of rotatable bonds is 3. The second kappa shape index (κ2) is 4.99. The molecule has 0 aromatic carbocycles. The Hall–Kier alpha value is -0.910. The highest BCUT2D eigenvalue weighted by atomic mass is 16.7. The fraction of sp³-hybridized carbons (Fsp3) is 0.769. The van der Waals surface area contributed by atoms with E-state index in [4.69, 9.17) is 14.2 Å². The Morgan fingerprint density at radius 2 is 2.11 bits per heavy atom. The van der Waals surface area contributed by atoms with Crippen molar-refractivity contribution in [2.75, 3.05) is 13.2 Å². The third-order valence-corrected chi connectivity index (χ3v) is 3.74. The summed E-state index contributed by atoms with van der Waals surface area (Å²) in [5.41, 5.74) is 0.992. The summed E-state index contributed by atoms with van der Waals surface area (Å²) in [6.07, 6.45) is 6.15. The molecule has 1 aromatic heterocycles. The highest BCUT2D eigenvalue weighted by molar-refractivity contribution is 4.96. The van der Waals surface area contributed by atoms with E-state index in [0.29, 0.717) is 12.7 Å². The molecule has 2 aliphatic rings. The SMILES string of the molecule is Cn1ccc(COC2CCC3(CC2)OCCO3)n1. The summed E-state index contributed by atoms with van der Waals surface area (Å²) in [4.78, 5) is 0. The van der Waals surface area contributed by atoms with E-state index in [1.165, 1.54) is 0 Å². The van der Waals surface area contributed by atoms with Crippen LogP contribution in [0.1, 0.15) is 31.4 Å². The van der Waals surface area contributed by atoms with Crippen LogP contribution in [0.2, 0.25) is 0 Å². The number of hydrogen-bond donors (Lipinski definition) is 0. The fourth-order valence-electron chi connectivity index (χ4n) is 2.73.